The fraction of sp³-hybridized carbons (Fsp3) is 0.600. The molecule has 5 nitrogen and oxygen atoms in total. The minimum atomic E-state index is -0.388. The van der Waals surface area contributed by atoms with Crippen LogP contribution in [0.15, 0.2) is 18.2 Å². The Balaban J connectivity index is 1.29. The number of hydrogen-bond donors (Lipinski definition) is 2. The summed E-state index contributed by atoms with van der Waals surface area (Å²) in [7, 11) is 0. The lowest BCUT2D eigenvalue weighted by Crippen LogP contribution is -2.57. The number of hydrogen-bond acceptors (Lipinski definition) is 3. The zero-order chi connectivity index (χ0) is 18.3. The van der Waals surface area contributed by atoms with Gasteiger partial charge in [-0.05, 0) is 80.9 Å². The van der Waals surface area contributed by atoms with E-state index in [9.17, 15) is 9.59 Å². The molecule has 2 N–H and O–H groups in total. The van der Waals surface area contributed by atoms with Crippen molar-refractivity contribution in [1.82, 2.24) is 10.9 Å². The van der Waals surface area contributed by atoms with Crippen molar-refractivity contribution < 1.29 is 14.3 Å². The highest BCUT2D eigenvalue weighted by molar-refractivity contribution is 6.32. The molecule has 140 valence electrons. The van der Waals surface area contributed by atoms with Gasteiger partial charge < -0.3 is 4.74 Å². The van der Waals surface area contributed by atoms with Crippen LogP contribution in [0.1, 0.15) is 44.1 Å². The summed E-state index contributed by atoms with van der Waals surface area (Å²) in [6, 6.07) is 5.39. The van der Waals surface area contributed by atoms with Gasteiger partial charge in [-0.1, -0.05) is 17.7 Å². The lowest BCUT2D eigenvalue weighted by atomic mass is 9.49. The largest absolute Gasteiger partial charge is 0.482 e. The number of rotatable bonds is 4. The summed E-state index contributed by atoms with van der Waals surface area (Å²) in [5, 5.41) is 0.459. The molecular formula is C20H25ClN2O3. The average molecular weight is 377 g/mol. The van der Waals surface area contributed by atoms with Crippen molar-refractivity contribution in [3.05, 3.63) is 28.8 Å². The molecular weight excluding hydrogens is 352 g/mol. The van der Waals surface area contributed by atoms with Gasteiger partial charge in [0.25, 0.3) is 5.91 Å². The Morgan fingerprint density at radius 2 is 1.73 bits per heavy atom. The molecule has 0 saturated heterocycles. The summed E-state index contributed by atoms with van der Waals surface area (Å²) in [5.74, 6) is 2.12. The van der Waals surface area contributed by atoms with Crippen LogP contribution in [0.4, 0.5) is 0 Å². The SMILES string of the molecule is Cc1ccc(Cl)c(OCC(=O)NNC(=O)C23CC4CC(CC(C4)C2)C3)c1. The zero-order valence-electron chi connectivity index (χ0n) is 15.0. The van der Waals surface area contributed by atoms with E-state index < -0.39 is 0 Å². The van der Waals surface area contributed by atoms with Crippen LogP contribution in [-0.2, 0) is 9.59 Å². The van der Waals surface area contributed by atoms with Gasteiger partial charge in [0.1, 0.15) is 5.75 Å². The quantitative estimate of drug-likeness (QED) is 0.791. The zero-order valence-corrected chi connectivity index (χ0v) is 15.8. The third-order valence-electron chi connectivity index (χ3n) is 6.28. The Kier molecular flexibility index (Phi) is 4.59. The maximum Gasteiger partial charge on any atom is 0.276 e. The highest BCUT2D eigenvalue weighted by atomic mass is 35.5. The minimum Gasteiger partial charge on any atom is -0.482 e. The first kappa shape index (κ1) is 17.7. The number of hydrazine groups is 1. The van der Waals surface area contributed by atoms with Crippen LogP contribution < -0.4 is 15.6 Å². The number of amides is 2. The number of carbonyl (C=O) groups is 2. The molecule has 1 aromatic rings. The standard InChI is InChI=1S/C20H25ClN2O3/c1-12-2-3-16(21)17(4-12)26-11-18(24)22-23-19(25)20-8-13-5-14(9-20)7-15(6-13)10-20/h2-4,13-15H,5-11H2,1H3,(H,22,24)(H,23,25). The molecule has 0 atom stereocenters. The molecule has 0 spiro atoms. The summed E-state index contributed by atoms with van der Waals surface area (Å²) >= 11 is 6.06. The molecule has 0 unspecified atom stereocenters. The van der Waals surface area contributed by atoms with Crippen LogP contribution in [-0.4, -0.2) is 18.4 Å². The Labute approximate surface area is 158 Å². The summed E-state index contributed by atoms with van der Waals surface area (Å²) in [6.45, 7) is 1.74. The molecule has 4 bridgehead atoms. The molecule has 0 radical (unpaired) electrons. The van der Waals surface area contributed by atoms with Gasteiger partial charge in [0, 0.05) is 0 Å². The van der Waals surface area contributed by atoms with Crippen LogP contribution in [0.2, 0.25) is 5.02 Å². The van der Waals surface area contributed by atoms with Crippen molar-refractivity contribution in [1.29, 1.82) is 0 Å². The molecule has 5 rings (SSSR count). The van der Waals surface area contributed by atoms with E-state index in [0.29, 0.717) is 28.5 Å². The average Bonchev–Trinajstić information content (AvgIpc) is 2.59. The number of benzene rings is 1. The van der Waals surface area contributed by atoms with E-state index in [-0.39, 0.29) is 23.8 Å². The Hall–Kier alpha value is -1.75. The maximum absolute atomic E-state index is 12.8. The van der Waals surface area contributed by atoms with E-state index in [0.717, 1.165) is 24.8 Å². The van der Waals surface area contributed by atoms with Crippen molar-refractivity contribution in [3.63, 3.8) is 0 Å². The summed E-state index contributed by atoms with van der Waals surface area (Å²) in [4.78, 5) is 24.8. The predicted octanol–water partition coefficient (Wildman–Crippen LogP) is 3.39. The fourth-order valence-corrected chi connectivity index (χ4v) is 5.72. The molecule has 26 heavy (non-hydrogen) atoms. The van der Waals surface area contributed by atoms with Crippen LogP contribution in [0.25, 0.3) is 0 Å². The van der Waals surface area contributed by atoms with E-state index in [1.807, 2.05) is 13.0 Å². The van der Waals surface area contributed by atoms with E-state index >= 15 is 0 Å². The van der Waals surface area contributed by atoms with Crippen molar-refractivity contribution >= 4 is 23.4 Å². The van der Waals surface area contributed by atoms with E-state index in [2.05, 4.69) is 10.9 Å². The highest BCUT2D eigenvalue weighted by Gasteiger charge is 2.54. The van der Waals surface area contributed by atoms with Gasteiger partial charge in [0.05, 0.1) is 10.4 Å². The second kappa shape index (κ2) is 6.76. The van der Waals surface area contributed by atoms with Gasteiger partial charge in [0.2, 0.25) is 5.91 Å². The molecule has 4 aliphatic rings. The Morgan fingerprint density at radius 3 is 2.35 bits per heavy atom. The molecule has 1 aromatic carbocycles. The smallest absolute Gasteiger partial charge is 0.276 e. The Morgan fingerprint density at radius 1 is 1.12 bits per heavy atom. The van der Waals surface area contributed by atoms with Crippen LogP contribution in [0.5, 0.6) is 5.75 Å². The topological polar surface area (TPSA) is 67.4 Å². The Bertz CT molecular complexity index is 698. The third-order valence-corrected chi connectivity index (χ3v) is 6.59. The maximum atomic E-state index is 12.8. The first-order chi connectivity index (χ1) is 12.4. The summed E-state index contributed by atoms with van der Waals surface area (Å²) in [5.41, 5.74) is 5.88. The second-order valence-corrected chi connectivity index (χ2v) is 8.83. The number of ether oxygens (including phenoxy) is 1. The van der Waals surface area contributed by atoms with E-state index in [1.54, 1.807) is 12.1 Å². The number of nitrogens with one attached hydrogen (secondary N) is 2. The molecule has 4 fully saturated rings. The van der Waals surface area contributed by atoms with Gasteiger partial charge in [-0.25, -0.2) is 0 Å². The van der Waals surface area contributed by atoms with Crippen molar-refractivity contribution in [2.24, 2.45) is 23.2 Å². The van der Waals surface area contributed by atoms with Crippen molar-refractivity contribution in [3.8, 4) is 5.75 Å². The fourth-order valence-electron chi connectivity index (χ4n) is 5.55. The highest BCUT2D eigenvalue weighted by Crippen LogP contribution is 2.60. The van der Waals surface area contributed by atoms with Crippen LogP contribution in [0, 0.1) is 30.1 Å². The van der Waals surface area contributed by atoms with Gasteiger partial charge in [0.15, 0.2) is 6.61 Å². The first-order valence-corrected chi connectivity index (χ1v) is 9.79. The molecule has 2 amide bonds. The monoisotopic (exact) mass is 376 g/mol. The molecule has 0 aliphatic heterocycles. The normalized spacial score (nSPS) is 31.5. The lowest BCUT2D eigenvalue weighted by Gasteiger charge is -2.55. The minimum absolute atomic E-state index is 0.0291. The molecule has 4 saturated carbocycles. The van der Waals surface area contributed by atoms with E-state index in [1.165, 1.54) is 19.3 Å². The predicted molar refractivity (Wildman–Crippen MR) is 98.6 cm³/mol. The molecule has 0 heterocycles. The van der Waals surface area contributed by atoms with Gasteiger partial charge in [-0.3, -0.25) is 20.4 Å². The lowest BCUT2D eigenvalue weighted by molar-refractivity contribution is -0.149. The van der Waals surface area contributed by atoms with Crippen LogP contribution in [0.3, 0.4) is 0 Å². The van der Waals surface area contributed by atoms with Crippen LogP contribution >= 0.6 is 11.6 Å². The van der Waals surface area contributed by atoms with Gasteiger partial charge >= 0.3 is 0 Å². The van der Waals surface area contributed by atoms with Crippen molar-refractivity contribution in [2.75, 3.05) is 6.61 Å². The number of halogens is 1. The molecule has 0 aromatic heterocycles. The van der Waals surface area contributed by atoms with E-state index in [4.69, 9.17) is 16.3 Å². The summed E-state index contributed by atoms with van der Waals surface area (Å²) in [6.07, 6.45) is 6.75. The first-order valence-electron chi connectivity index (χ1n) is 9.42. The van der Waals surface area contributed by atoms with Gasteiger partial charge in [-0.2, -0.15) is 0 Å². The summed E-state index contributed by atoms with van der Waals surface area (Å²) < 4.78 is 5.47. The third kappa shape index (κ3) is 3.41. The van der Waals surface area contributed by atoms with Crippen molar-refractivity contribution in [2.45, 2.75) is 45.4 Å². The molecule has 4 aliphatic carbocycles. The number of carbonyl (C=O) groups excluding carboxylic acids is 2. The second-order valence-electron chi connectivity index (χ2n) is 8.42. The molecule has 6 heteroatoms. The number of aryl methyl sites for hydroxylation is 1. The van der Waals surface area contributed by atoms with Gasteiger partial charge in [-0.15, -0.1) is 0 Å².